The van der Waals surface area contributed by atoms with Crippen LogP contribution in [-0.2, 0) is 9.59 Å². The van der Waals surface area contributed by atoms with Gasteiger partial charge in [-0.2, -0.15) is 0 Å². The topological polar surface area (TPSA) is 74.6 Å². The van der Waals surface area contributed by atoms with E-state index >= 15 is 0 Å². The average molecular weight is 186 g/mol. The molecule has 10 heavy (non-hydrogen) atoms. The summed E-state index contributed by atoms with van der Waals surface area (Å²) in [5, 5.41) is 14.8. The van der Waals surface area contributed by atoms with Gasteiger partial charge in [0.1, 0.15) is 0 Å². The van der Waals surface area contributed by atoms with Gasteiger partial charge >= 0.3 is 67.3 Å². The molecule has 0 bridgehead atoms. The van der Waals surface area contributed by atoms with Crippen molar-refractivity contribution in [3.63, 3.8) is 0 Å². The average Bonchev–Trinajstić information content (AvgIpc) is 1.25. The first-order valence-electron chi connectivity index (χ1n) is 1.86. The Balaban J connectivity index is -0.00000000800. The third kappa shape index (κ3) is 430. The Hall–Kier alpha value is 1.20. The van der Waals surface area contributed by atoms with Crippen molar-refractivity contribution in [2.45, 2.75) is 13.8 Å². The number of rotatable bonds is 0. The summed E-state index contributed by atoms with van der Waals surface area (Å²) >= 11 is 0. The van der Waals surface area contributed by atoms with Crippen molar-refractivity contribution in [2.24, 2.45) is 0 Å². The molecule has 6 heteroatoms. The van der Waals surface area contributed by atoms with Crippen LogP contribution in [0.5, 0.6) is 0 Å². The Kier molecular flexibility index (Phi) is 37.4. The molecule has 0 saturated heterocycles. The van der Waals surface area contributed by atoms with Crippen LogP contribution in [0.25, 0.3) is 0 Å². The van der Waals surface area contributed by atoms with Gasteiger partial charge in [-0.1, -0.05) is 0 Å². The minimum atomic E-state index is -0.833. The fraction of sp³-hybridized carbons (Fsp3) is 0.500. The fourth-order valence-corrected chi connectivity index (χ4v) is 0. The van der Waals surface area contributed by atoms with Gasteiger partial charge in [-0.05, 0) is 0 Å². The van der Waals surface area contributed by atoms with Crippen molar-refractivity contribution in [3.8, 4) is 0 Å². The summed E-state index contributed by atoms with van der Waals surface area (Å²) < 4.78 is 0. The van der Waals surface area contributed by atoms with E-state index in [9.17, 15) is 0 Å². The number of carboxylic acids is 2. The molecule has 0 aliphatic carbocycles. The van der Waals surface area contributed by atoms with E-state index in [-0.39, 0.29) is 71.6 Å². The monoisotopic (exact) mass is 186 g/mol. The van der Waals surface area contributed by atoms with E-state index in [0.717, 1.165) is 13.8 Å². The van der Waals surface area contributed by atoms with Crippen LogP contribution in [-0.4, -0.2) is 59.9 Å². The first-order chi connectivity index (χ1) is 3.46. The van der Waals surface area contributed by atoms with E-state index in [0.29, 0.717) is 0 Å². The second-order valence-corrected chi connectivity index (χ2v) is 1.04. The molecular weight excluding hydrogens is 175 g/mol. The van der Waals surface area contributed by atoms with Crippen LogP contribution in [0.3, 0.4) is 0 Å². The van der Waals surface area contributed by atoms with E-state index in [4.69, 9.17) is 19.8 Å². The summed E-state index contributed by atoms with van der Waals surface area (Å²) in [4.78, 5) is 18.0. The van der Waals surface area contributed by atoms with Crippen molar-refractivity contribution in [2.75, 3.05) is 0 Å². The van der Waals surface area contributed by atoms with Gasteiger partial charge in [0, 0.05) is 13.8 Å². The molecule has 0 aliphatic rings. The molecule has 0 radical (unpaired) electrons. The third-order valence-electron chi connectivity index (χ3n) is 0. The fourth-order valence-electron chi connectivity index (χ4n) is 0. The van der Waals surface area contributed by atoms with Crippen LogP contribution < -0.4 is 29.6 Å². The second kappa shape index (κ2) is 16.7. The van der Waals surface area contributed by atoms with Gasteiger partial charge in [0.15, 0.2) is 0 Å². The van der Waals surface area contributed by atoms with Gasteiger partial charge in [-0.15, -0.1) is 0 Å². The second-order valence-electron chi connectivity index (χ2n) is 1.04. The number of aliphatic carboxylic acids is 2. The standard InChI is InChI=1S/2C2H4O2.Ca.Na.3H/c2*1-2(3)4;;;;;/h2*1H3,(H,3,4);;;;;/q;;+2;+1;3*-1. The molecule has 0 spiro atoms. The molecule has 0 aromatic heterocycles. The first kappa shape index (κ1) is 22.5. The molecular formula is C4H11CaNaO4. The quantitative estimate of drug-likeness (QED) is 0.399. The third-order valence-corrected chi connectivity index (χ3v) is 0. The zero-order chi connectivity index (χ0) is 7.15. The molecule has 0 rings (SSSR count). The molecule has 0 saturated carbocycles. The molecule has 2 N–H and O–H groups in total. The maximum Gasteiger partial charge on any atom is 2.00 e. The van der Waals surface area contributed by atoms with Crippen LogP contribution in [0.1, 0.15) is 18.1 Å². The molecule has 0 aliphatic heterocycles. The van der Waals surface area contributed by atoms with Gasteiger partial charge in [0.25, 0.3) is 11.9 Å². The van der Waals surface area contributed by atoms with Crippen molar-refractivity contribution >= 4 is 49.7 Å². The summed E-state index contributed by atoms with van der Waals surface area (Å²) in [5.74, 6) is -1.67. The molecule has 0 amide bonds. The number of hydrogen-bond donors (Lipinski definition) is 2. The molecule has 0 fully saturated rings. The molecule has 0 unspecified atom stereocenters. The Morgan fingerprint density at radius 1 is 1.10 bits per heavy atom. The number of hydrogen-bond acceptors (Lipinski definition) is 2. The van der Waals surface area contributed by atoms with Crippen LogP contribution in [0.4, 0.5) is 0 Å². The minimum Gasteiger partial charge on any atom is -1.00 e. The largest absolute Gasteiger partial charge is 2.00 e. The molecule has 0 aromatic carbocycles. The van der Waals surface area contributed by atoms with Crippen LogP contribution in [0.2, 0.25) is 0 Å². The predicted molar refractivity (Wildman–Crippen MR) is 35.7 cm³/mol. The number of carboxylic acid groups (broad SMARTS) is 2. The Morgan fingerprint density at radius 3 is 1.10 bits per heavy atom. The molecule has 4 nitrogen and oxygen atoms in total. The van der Waals surface area contributed by atoms with Crippen molar-refractivity contribution in [3.05, 3.63) is 0 Å². The zero-order valence-electron chi connectivity index (χ0n) is 9.42. The van der Waals surface area contributed by atoms with E-state index in [1.807, 2.05) is 0 Å². The smallest absolute Gasteiger partial charge is 1.00 e. The Morgan fingerprint density at radius 2 is 1.10 bits per heavy atom. The van der Waals surface area contributed by atoms with Crippen molar-refractivity contribution < 1.29 is 53.6 Å². The number of carbonyl (C=O) groups is 2. The van der Waals surface area contributed by atoms with Gasteiger partial charge < -0.3 is 14.5 Å². The molecule has 0 aromatic rings. The first-order valence-corrected chi connectivity index (χ1v) is 1.86. The predicted octanol–water partition coefficient (Wildman–Crippen LogP) is -2.86. The molecule has 0 atom stereocenters. The Labute approximate surface area is 116 Å². The SMILES string of the molecule is CC(=O)O.CC(=O)O.[Ca+2].[H-].[H-].[H-].[Na+]. The summed E-state index contributed by atoms with van der Waals surface area (Å²) in [5.41, 5.74) is 0. The van der Waals surface area contributed by atoms with Gasteiger partial charge in [0.2, 0.25) is 0 Å². The van der Waals surface area contributed by atoms with E-state index in [1.165, 1.54) is 0 Å². The van der Waals surface area contributed by atoms with E-state index in [1.54, 1.807) is 0 Å². The zero-order valence-corrected chi connectivity index (χ0v) is 10.6. The van der Waals surface area contributed by atoms with Crippen LogP contribution in [0.15, 0.2) is 0 Å². The van der Waals surface area contributed by atoms with E-state index in [2.05, 4.69) is 0 Å². The normalized spacial score (nSPS) is 5.00. The van der Waals surface area contributed by atoms with Crippen molar-refractivity contribution in [1.82, 2.24) is 0 Å². The van der Waals surface area contributed by atoms with Crippen molar-refractivity contribution in [1.29, 1.82) is 0 Å². The maximum atomic E-state index is 9.00. The summed E-state index contributed by atoms with van der Waals surface area (Å²) in [6, 6.07) is 0. The summed E-state index contributed by atoms with van der Waals surface area (Å²) in [6.45, 7) is 2.17. The van der Waals surface area contributed by atoms with Crippen LogP contribution >= 0.6 is 0 Å². The van der Waals surface area contributed by atoms with Gasteiger partial charge in [-0.25, -0.2) is 0 Å². The van der Waals surface area contributed by atoms with Gasteiger partial charge in [0.05, 0.1) is 0 Å². The van der Waals surface area contributed by atoms with E-state index < -0.39 is 11.9 Å². The summed E-state index contributed by atoms with van der Waals surface area (Å²) in [6.07, 6.45) is 0. The molecule has 0 heterocycles. The minimum absolute atomic E-state index is 0. The molecule has 54 valence electrons. The maximum absolute atomic E-state index is 9.00. The Bertz CT molecular complexity index is 85.4. The van der Waals surface area contributed by atoms with Crippen LogP contribution in [0, 0.1) is 0 Å². The summed E-state index contributed by atoms with van der Waals surface area (Å²) in [7, 11) is 0. The van der Waals surface area contributed by atoms with Gasteiger partial charge in [-0.3, -0.25) is 9.59 Å².